The maximum atomic E-state index is 12.5. The second-order valence-corrected chi connectivity index (χ2v) is 5.70. The Kier molecular flexibility index (Phi) is 4.52. The smallest absolute Gasteiger partial charge is 0.264 e. The number of ether oxygens (including phenoxy) is 1. The molecule has 1 amide bonds. The van der Waals surface area contributed by atoms with E-state index in [1.165, 1.54) is 6.20 Å². The molecule has 1 saturated heterocycles. The minimum absolute atomic E-state index is 0.0859. The molecule has 0 spiro atoms. The third-order valence-electron chi connectivity index (χ3n) is 4.05. The number of H-pyrrole nitrogens is 1. The third kappa shape index (κ3) is 3.32. The van der Waals surface area contributed by atoms with Gasteiger partial charge in [-0.25, -0.2) is 4.98 Å². The number of nitrogens with zero attached hydrogens (tertiary/aromatic N) is 2. The van der Waals surface area contributed by atoms with E-state index in [4.69, 9.17) is 4.74 Å². The van der Waals surface area contributed by atoms with Crippen LogP contribution in [0.3, 0.4) is 0 Å². The zero-order chi connectivity index (χ0) is 16.2. The van der Waals surface area contributed by atoms with E-state index in [2.05, 4.69) is 9.97 Å². The number of carbonyl (C=O) groups is 1. The molecule has 2 heterocycles. The van der Waals surface area contributed by atoms with Crippen LogP contribution in [0.5, 0.6) is 0 Å². The maximum Gasteiger partial charge on any atom is 0.264 e. The summed E-state index contributed by atoms with van der Waals surface area (Å²) in [5.41, 5.74) is 0.492. The van der Waals surface area contributed by atoms with Crippen molar-refractivity contribution in [2.75, 3.05) is 26.8 Å². The van der Waals surface area contributed by atoms with Crippen LogP contribution >= 0.6 is 0 Å². The van der Waals surface area contributed by atoms with Crippen LogP contribution in [0.15, 0.2) is 41.3 Å². The van der Waals surface area contributed by atoms with Gasteiger partial charge in [-0.15, -0.1) is 0 Å². The van der Waals surface area contributed by atoms with Crippen molar-refractivity contribution in [2.24, 2.45) is 5.92 Å². The molecule has 0 aliphatic carbocycles. The highest BCUT2D eigenvalue weighted by atomic mass is 16.5. The van der Waals surface area contributed by atoms with Gasteiger partial charge in [0.2, 0.25) is 0 Å². The average Bonchev–Trinajstić information content (AvgIpc) is 3.04. The number of hydrogen-bond donors (Lipinski definition) is 1. The Labute approximate surface area is 134 Å². The van der Waals surface area contributed by atoms with Gasteiger partial charge in [-0.2, -0.15) is 0 Å². The number of aromatic amines is 1. The van der Waals surface area contributed by atoms with E-state index in [-0.39, 0.29) is 11.5 Å². The van der Waals surface area contributed by atoms with E-state index >= 15 is 0 Å². The summed E-state index contributed by atoms with van der Waals surface area (Å²) in [6.45, 7) is 1.89. The van der Waals surface area contributed by atoms with Crippen LogP contribution in [0, 0.1) is 5.92 Å². The van der Waals surface area contributed by atoms with Crippen molar-refractivity contribution in [1.29, 1.82) is 0 Å². The zero-order valence-electron chi connectivity index (χ0n) is 13.0. The van der Waals surface area contributed by atoms with E-state index in [1.54, 1.807) is 12.0 Å². The van der Waals surface area contributed by atoms with Crippen molar-refractivity contribution in [3.05, 3.63) is 52.4 Å². The van der Waals surface area contributed by atoms with Gasteiger partial charge in [-0.05, 0) is 6.42 Å². The van der Waals surface area contributed by atoms with Gasteiger partial charge in [0.05, 0.1) is 6.61 Å². The zero-order valence-corrected chi connectivity index (χ0v) is 13.0. The molecule has 6 heteroatoms. The van der Waals surface area contributed by atoms with Crippen LogP contribution in [-0.4, -0.2) is 47.6 Å². The molecule has 6 nitrogen and oxygen atoms in total. The van der Waals surface area contributed by atoms with Gasteiger partial charge >= 0.3 is 0 Å². The van der Waals surface area contributed by atoms with Gasteiger partial charge in [0.1, 0.15) is 11.4 Å². The first-order valence-electron chi connectivity index (χ1n) is 7.62. The van der Waals surface area contributed by atoms with E-state index in [0.717, 1.165) is 12.0 Å². The fourth-order valence-electron chi connectivity index (χ4n) is 2.85. The Morgan fingerprint density at radius 2 is 2.17 bits per heavy atom. The Hall–Kier alpha value is -2.47. The maximum absolute atomic E-state index is 12.5. The highest BCUT2D eigenvalue weighted by Gasteiger charge is 2.28. The van der Waals surface area contributed by atoms with Gasteiger partial charge in [0.15, 0.2) is 0 Å². The lowest BCUT2D eigenvalue weighted by Crippen LogP contribution is -2.33. The van der Waals surface area contributed by atoms with Crippen molar-refractivity contribution >= 4 is 5.91 Å². The molecule has 0 unspecified atom stereocenters. The highest BCUT2D eigenvalue weighted by Crippen LogP contribution is 2.18. The Bertz CT molecular complexity index is 742. The Morgan fingerprint density at radius 1 is 1.39 bits per heavy atom. The number of aromatic nitrogens is 2. The number of carbonyl (C=O) groups excluding carboxylic acids is 1. The molecule has 0 radical (unpaired) electrons. The van der Waals surface area contributed by atoms with Crippen molar-refractivity contribution in [2.45, 2.75) is 6.42 Å². The predicted molar refractivity (Wildman–Crippen MR) is 86.2 cm³/mol. The molecule has 2 aromatic rings. The molecular formula is C17H19N3O3. The molecule has 3 rings (SSSR count). The van der Waals surface area contributed by atoms with E-state index in [0.29, 0.717) is 31.4 Å². The molecule has 0 saturated carbocycles. The third-order valence-corrected chi connectivity index (χ3v) is 4.05. The standard InChI is InChI=1S/C17H19N3O3/c1-23-11-12-7-8-20(10-12)17(22)14-9-18-15(19-16(14)21)13-5-3-2-4-6-13/h2-6,9,12H,7-8,10-11H2,1H3,(H,18,19,21)/t12-/m1/s1. The number of benzene rings is 1. The van der Waals surface area contributed by atoms with Crippen molar-refractivity contribution < 1.29 is 9.53 Å². The SMILES string of the molecule is COC[C@@H]1CCN(C(=O)c2cnc(-c3ccccc3)[nH]c2=O)C1. The molecule has 0 bridgehead atoms. The predicted octanol–water partition coefficient (Wildman–Crippen LogP) is 1.55. The average molecular weight is 313 g/mol. The van der Waals surface area contributed by atoms with Crippen LogP contribution in [0.25, 0.3) is 11.4 Å². The van der Waals surface area contributed by atoms with Gasteiger partial charge < -0.3 is 14.6 Å². The first kappa shape index (κ1) is 15.4. The van der Waals surface area contributed by atoms with Crippen molar-refractivity contribution in [1.82, 2.24) is 14.9 Å². The molecule has 1 aromatic heterocycles. The number of amides is 1. The fraction of sp³-hybridized carbons (Fsp3) is 0.353. The number of methoxy groups -OCH3 is 1. The van der Waals surface area contributed by atoms with E-state index in [9.17, 15) is 9.59 Å². The highest BCUT2D eigenvalue weighted by molar-refractivity contribution is 5.93. The number of hydrogen-bond acceptors (Lipinski definition) is 4. The topological polar surface area (TPSA) is 75.3 Å². The summed E-state index contributed by atoms with van der Waals surface area (Å²) >= 11 is 0. The molecule has 1 aliphatic rings. The van der Waals surface area contributed by atoms with Crippen LogP contribution in [0.4, 0.5) is 0 Å². The quantitative estimate of drug-likeness (QED) is 0.929. The molecule has 1 atom stereocenters. The van der Waals surface area contributed by atoms with Gasteiger partial charge in [-0.3, -0.25) is 9.59 Å². The number of likely N-dealkylation sites (tertiary alicyclic amines) is 1. The molecular weight excluding hydrogens is 294 g/mol. The second-order valence-electron chi connectivity index (χ2n) is 5.70. The molecule has 1 N–H and O–H groups in total. The molecule has 120 valence electrons. The number of nitrogens with one attached hydrogen (secondary N) is 1. The van der Waals surface area contributed by atoms with Crippen molar-refractivity contribution in [3.63, 3.8) is 0 Å². The lowest BCUT2D eigenvalue weighted by molar-refractivity contribution is 0.0773. The lowest BCUT2D eigenvalue weighted by Gasteiger charge is -2.16. The van der Waals surface area contributed by atoms with Crippen LogP contribution in [-0.2, 0) is 4.74 Å². The Balaban J connectivity index is 1.79. The van der Waals surface area contributed by atoms with Gasteiger partial charge in [0.25, 0.3) is 11.5 Å². The fourth-order valence-corrected chi connectivity index (χ4v) is 2.85. The van der Waals surface area contributed by atoms with Crippen LogP contribution in [0.2, 0.25) is 0 Å². The normalized spacial score (nSPS) is 17.4. The summed E-state index contributed by atoms with van der Waals surface area (Å²) in [4.78, 5) is 33.4. The van der Waals surface area contributed by atoms with Crippen LogP contribution < -0.4 is 5.56 Å². The summed E-state index contributed by atoms with van der Waals surface area (Å²) in [6.07, 6.45) is 2.26. The minimum atomic E-state index is -0.404. The summed E-state index contributed by atoms with van der Waals surface area (Å²) in [5, 5.41) is 0. The molecule has 23 heavy (non-hydrogen) atoms. The largest absolute Gasteiger partial charge is 0.384 e. The summed E-state index contributed by atoms with van der Waals surface area (Å²) < 4.78 is 5.13. The van der Waals surface area contributed by atoms with E-state index in [1.807, 2.05) is 30.3 Å². The minimum Gasteiger partial charge on any atom is -0.384 e. The monoisotopic (exact) mass is 313 g/mol. The first-order chi connectivity index (χ1) is 11.2. The molecule has 1 aromatic carbocycles. The van der Waals surface area contributed by atoms with Gasteiger partial charge in [-0.1, -0.05) is 30.3 Å². The van der Waals surface area contributed by atoms with Gasteiger partial charge in [0, 0.05) is 37.9 Å². The Morgan fingerprint density at radius 3 is 2.87 bits per heavy atom. The van der Waals surface area contributed by atoms with Crippen molar-refractivity contribution in [3.8, 4) is 11.4 Å². The number of rotatable bonds is 4. The molecule has 1 aliphatic heterocycles. The molecule has 1 fully saturated rings. The summed E-state index contributed by atoms with van der Waals surface area (Å²) in [5.74, 6) is 0.530. The van der Waals surface area contributed by atoms with E-state index < -0.39 is 5.56 Å². The lowest BCUT2D eigenvalue weighted by atomic mass is 10.1. The summed E-state index contributed by atoms with van der Waals surface area (Å²) in [7, 11) is 1.65. The van der Waals surface area contributed by atoms with Crippen LogP contribution in [0.1, 0.15) is 16.8 Å². The second kappa shape index (κ2) is 6.75. The first-order valence-corrected chi connectivity index (χ1v) is 7.62. The summed E-state index contributed by atoms with van der Waals surface area (Å²) in [6, 6.07) is 9.34.